The Morgan fingerprint density at radius 3 is 2.50 bits per heavy atom. The number of hydrogen-bond donors (Lipinski definition) is 0. The Labute approximate surface area is 103 Å². The van der Waals surface area contributed by atoms with Crippen molar-refractivity contribution in [1.82, 2.24) is 0 Å². The lowest BCUT2D eigenvalue weighted by atomic mass is 10.0. The largest absolute Gasteiger partial charge is 0.464 e. The molecular formula is C14H9NO3. The Kier molecular flexibility index (Phi) is 2.34. The lowest BCUT2D eigenvalue weighted by Crippen LogP contribution is -1.90. The summed E-state index contributed by atoms with van der Waals surface area (Å²) in [4.78, 5) is 10.7. The summed E-state index contributed by atoms with van der Waals surface area (Å²) in [7, 11) is 0. The van der Waals surface area contributed by atoms with Gasteiger partial charge in [0.15, 0.2) is 0 Å². The number of furan rings is 1. The third-order valence-electron chi connectivity index (χ3n) is 2.87. The van der Waals surface area contributed by atoms with E-state index in [0.29, 0.717) is 5.56 Å². The summed E-state index contributed by atoms with van der Waals surface area (Å²) < 4.78 is 5.42. The van der Waals surface area contributed by atoms with Gasteiger partial charge in [0.05, 0.1) is 16.7 Å². The smallest absolute Gasteiger partial charge is 0.277 e. The fourth-order valence-corrected chi connectivity index (χ4v) is 2.05. The standard InChI is InChI=1S/C14H9NO3/c16-15(17)13-7-3-1-5-10(13)12-9-18-14-8-4-2-6-11(12)14/h1-9H. The second kappa shape index (κ2) is 4.00. The molecule has 3 rings (SSSR count). The molecule has 0 fully saturated rings. The maximum Gasteiger partial charge on any atom is 0.277 e. The van der Waals surface area contributed by atoms with E-state index in [2.05, 4.69) is 0 Å². The van der Waals surface area contributed by atoms with Gasteiger partial charge in [-0.15, -0.1) is 0 Å². The SMILES string of the molecule is O=[N+]([O-])c1ccccc1-c1coc2ccccc12. The number of hydrogen-bond acceptors (Lipinski definition) is 3. The highest BCUT2D eigenvalue weighted by molar-refractivity contribution is 5.96. The van der Waals surface area contributed by atoms with Crippen LogP contribution in [0.2, 0.25) is 0 Å². The summed E-state index contributed by atoms with van der Waals surface area (Å²) in [6.07, 6.45) is 1.56. The van der Waals surface area contributed by atoms with Gasteiger partial charge >= 0.3 is 0 Å². The van der Waals surface area contributed by atoms with Gasteiger partial charge in [-0.3, -0.25) is 10.1 Å². The number of fused-ring (bicyclic) bond motifs is 1. The minimum absolute atomic E-state index is 0.0871. The van der Waals surface area contributed by atoms with Crippen molar-refractivity contribution in [3.8, 4) is 11.1 Å². The molecule has 88 valence electrons. The molecule has 18 heavy (non-hydrogen) atoms. The van der Waals surface area contributed by atoms with Crippen LogP contribution in [0.1, 0.15) is 0 Å². The first-order valence-electron chi connectivity index (χ1n) is 5.47. The zero-order valence-electron chi connectivity index (χ0n) is 9.37. The predicted molar refractivity (Wildman–Crippen MR) is 68.3 cm³/mol. The molecule has 0 aliphatic carbocycles. The van der Waals surface area contributed by atoms with E-state index in [1.807, 2.05) is 24.3 Å². The number of nitro benzene ring substituents is 1. The molecule has 0 aliphatic heterocycles. The minimum Gasteiger partial charge on any atom is -0.464 e. The zero-order valence-corrected chi connectivity index (χ0v) is 9.37. The highest BCUT2D eigenvalue weighted by Crippen LogP contribution is 2.35. The summed E-state index contributed by atoms with van der Waals surface area (Å²) in [5, 5.41) is 11.9. The van der Waals surface area contributed by atoms with E-state index in [1.54, 1.807) is 24.5 Å². The van der Waals surface area contributed by atoms with Gasteiger partial charge in [-0.25, -0.2) is 0 Å². The van der Waals surface area contributed by atoms with Crippen LogP contribution in [-0.2, 0) is 0 Å². The Morgan fingerprint density at radius 2 is 1.67 bits per heavy atom. The van der Waals surface area contributed by atoms with E-state index in [4.69, 9.17) is 4.42 Å². The van der Waals surface area contributed by atoms with Crippen molar-refractivity contribution >= 4 is 16.7 Å². The van der Waals surface area contributed by atoms with Crippen LogP contribution in [0.4, 0.5) is 5.69 Å². The molecular weight excluding hydrogens is 230 g/mol. The van der Waals surface area contributed by atoms with Gasteiger partial charge in [-0.1, -0.05) is 30.3 Å². The molecule has 0 spiro atoms. The van der Waals surface area contributed by atoms with Gasteiger partial charge < -0.3 is 4.42 Å². The fraction of sp³-hybridized carbons (Fsp3) is 0. The van der Waals surface area contributed by atoms with Crippen LogP contribution in [0.25, 0.3) is 22.1 Å². The highest BCUT2D eigenvalue weighted by atomic mass is 16.6. The molecule has 0 atom stereocenters. The molecule has 0 aliphatic rings. The molecule has 1 heterocycles. The first-order valence-corrected chi connectivity index (χ1v) is 5.47. The number of benzene rings is 2. The van der Waals surface area contributed by atoms with Crippen LogP contribution < -0.4 is 0 Å². The topological polar surface area (TPSA) is 56.3 Å². The first-order chi connectivity index (χ1) is 8.77. The van der Waals surface area contributed by atoms with E-state index in [9.17, 15) is 10.1 Å². The van der Waals surface area contributed by atoms with E-state index >= 15 is 0 Å². The van der Waals surface area contributed by atoms with Crippen molar-refractivity contribution in [2.24, 2.45) is 0 Å². The van der Waals surface area contributed by atoms with Crippen LogP contribution in [0.15, 0.2) is 59.2 Å². The van der Waals surface area contributed by atoms with Gasteiger partial charge in [0.1, 0.15) is 5.58 Å². The van der Waals surface area contributed by atoms with E-state index in [0.717, 1.165) is 16.5 Å². The summed E-state index contributed by atoms with van der Waals surface area (Å²) in [6, 6.07) is 14.2. The van der Waals surface area contributed by atoms with Crippen molar-refractivity contribution < 1.29 is 9.34 Å². The van der Waals surface area contributed by atoms with Crippen molar-refractivity contribution in [2.75, 3.05) is 0 Å². The van der Waals surface area contributed by atoms with Gasteiger partial charge in [0.25, 0.3) is 5.69 Å². The zero-order chi connectivity index (χ0) is 12.5. The molecule has 0 bridgehead atoms. The Balaban J connectivity index is 2.30. The number of rotatable bonds is 2. The maximum atomic E-state index is 11.0. The fourth-order valence-electron chi connectivity index (χ4n) is 2.05. The van der Waals surface area contributed by atoms with Crippen molar-refractivity contribution in [1.29, 1.82) is 0 Å². The summed E-state index contributed by atoms with van der Waals surface area (Å²) >= 11 is 0. The van der Waals surface area contributed by atoms with Crippen LogP contribution in [-0.4, -0.2) is 4.92 Å². The minimum atomic E-state index is -0.378. The molecule has 0 unspecified atom stereocenters. The van der Waals surface area contributed by atoms with Crippen molar-refractivity contribution in [3.05, 3.63) is 64.9 Å². The van der Waals surface area contributed by atoms with Crippen molar-refractivity contribution in [2.45, 2.75) is 0 Å². The molecule has 4 heteroatoms. The quantitative estimate of drug-likeness (QED) is 0.501. The molecule has 2 aromatic carbocycles. The average molecular weight is 239 g/mol. The van der Waals surface area contributed by atoms with Gasteiger partial charge in [0, 0.05) is 17.0 Å². The molecule has 0 N–H and O–H groups in total. The second-order valence-corrected chi connectivity index (χ2v) is 3.92. The van der Waals surface area contributed by atoms with E-state index in [-0.39, 0.29) is 10.6 Å². The lowest BCUT2D eigenvalue weighted by Gasteiger charge is -2.00. The summed E-state index contributed by atoms with van der Waals surface area (Å²) in [6.45, 7) is 0. The van der Waals surface area contributed by atoms with Crippen LogP contribution in [0.3, 0.4) is 0 Å². The Hall–Kier alpha value is -2.62. The molecule has 3 aromatic rings. The first kappa shape index (κ1) is 10.5. The van der Waals surface area contributed by atoms with E-state index in [1.165, 1.54) is 6.07 Å². The van der Waals surface area contributed by atoms with Gasteiger partial charge in [-0.05, 0) is 12.1 Å². The summed E-state index contributed by atoms with van der Waals surface area (Å²) in [5.41, 5.74) is 2.14. The Morgan fingerprint density at radius 1 is 0.944 bits per heavy atom. The normalized spacial score (nSPS) is 10.7. The number of para-hydroxylation sites is 2. The Bertz CT molecular complexity index is 730. The third-order valence-corrected chi connectivity index (χ3v) is 2.87. The third kappa shape index (κ3) is 1.55. The van der Waals surface area contributed by atoms with Gasteiger partial charge in [-0.2, -0.15) is 0 Å². The average Bonchev–Trinajstić information content (AvgIpc) is 2.82. The van der Waals surface area contributed by atoms with Crippen LogP contribution in [0, 0.1) is 10.1 Å². The van der Waals surface area contributed by atoms with Gasteiger partial charge in [0.2, 0.25) is 0 Å². The molecule has 4 nitrogen and oxygen atoms in total. The van der Waals surface area contributed by atoms with Crippen LogP contribution in [0.5, 0.6) is 0 Å². The van der Waals surface area contributed by atoms with Crippen molar-refractivity contribution in [3.63, 3.8) is 0 Å². The summed E-state index contributed by atoms with van der Waals surface area (Å²) in [5.74, 6) is 0. The highest BCUT2D eigenvalue weighted by Gasteiger charge is 2.17. The predicted octanol–water partition coefficient (Wildman–Crippen LogP) is 4.01. The molecule has 0 saturated heterocycles. The number of nitro groups is 1. The molecule has 0 saturated carbocycles. The monoisotopic (exact) mass is 239 g/mol. The molecule has 0 amide bonds. The molecule has 1 aromatic heterocycles. The maximum absolute atomic E-state index is 11.0. The molecule has 0 radical (unpaired) electrons. The second-order valence-electron chi connectivity index (χ2n) is 3.92. The van der Waals surface area contributed by atoms with E-state index < -0.39 is 0 Å². The van der Waals surface area contributed by atoms with Crippen LogP contribution >= 0.6 is 0 Å². The number of nitrogens with zero attached hydrogens (tertiary/aromatic N) is 1. The lowest BCUT2D eigenvalue weighted by molar-refractivity contribution is -0.384.